The minimum Gasteiger partial charge on any atom is -0.379 e. The number of aromatic amines is 1. The second-order valence-corrected chi connectivity index (χ2v) is 7.07. The van der Waals surface area contributed by atoms with Crippen LogP contribution in [0.4, 0.5) is 0 Å². The first-order chi connectivity index (χ1) is 12.2. The minimum absolute atomic E-state index is 0.0474. The van der Waals surface area contributed by atoms with Gasteiger partial charge >= 0.3 is 0 Å². The van der Waals surface area contributed by atoms with Gasteiger partial charge in [0.1, 0.15) is 0 Å². The van der Waals surface area contributed by atoms with Gasteiger partial charge < -0.3 is 10.1 Å². The average Bonchev–Trinajstić information content (AvgIpc) is 2.67. The summed E-state index contributed by atoms with van der Waals surface area (Å²) in [6, 6.07) is 3.11. The van der Waals surface area contributed by atoms with Gasteiger partial charge in [-0.3, -0.25) is 14.5 Å². The first-order valence-corrected chi connectivity index (χ1v) is 9.32. The summed E-state index contributed by atoms with van der Waals surface area (Å²) in [5.74, 6) is 0.0474. The van der Waals surface area contributed by atoms with E-state index >= 15 is 0 Å². The molecule has 1 aliphatic carbocycles. The highest BCUT2D eigenvalue weighted by molar-refractivity contribution is 5.76. The van der Waals surface area contributed by atoms with Gasteiger partial charge in [0.25, 0.3) is 5.56 Å². The molecule has 0 radical (unpaired) electrons. The molecule has 1 aromatic heterocycles. The van der Waals surface area contributed by atoms with Crippen molar-refractivity contribution >= 4 is 5.91 Å². The van der Waals surface area contributed by atoms with E-state index in [2.05, 4.69) is 20.4 Å². The van der Waals surface area contributed by atoms with Gasteiger partial charge in [0.05, 0.1) is 18.9 Å². The van der Waals surface area contributed by atoms with Crippen molar-refractivity contribution in [3.63, 3.8) is 0 Å². The summed E-state index contributed by atoms with van der Waals surface area (Å²) < 4.78 is 5.50. The molecule has 1 aromatic rings. The van der Waals surface area contributed by atoms with Crippen molar-refractivity contribution in [2.75, 3.05) is 32.8 Å². The van der Waals surface area contributed by atoms with Crippen molar-refractivity contribution in [1.29, 1.82) is 0 Å². The molecule has 7 nitrogen and oxygen atoms in total. The van der Waals surface area contributed by atoms with Crippen molar-refractivity contribution in [2.45, 2.75) is 50.5 Å². The molecule has 0 spiro atoms. The van der Waals surface area contributed by atoms with Crippen LogP contribution in [-0.2, 0) is 16.0 Å². The number of nitrogens with zero attached hydrogens (tertiary/aromatic N) is 2. The SMILES string of the molecule is O=C(CCc1ccc(=O)[nH]n1)NCC1(N2CCOCC2)CCCCC1. The summed E-state index contributed by atoms with van der Waals surface area (Å²) in [5.41, 5.74) is 0.599. The highest BCUT2D eigenvalue weighted by atomic mass is 16.5. The Morgan fingerprint density at radius 2 is 2.00 bits per heavy atom. The highest BCUT2D eigenvalue weighted by Crippen LogP contribution is 2.33. The Balaban J connectivity index is 1.52. The van der Waals surface area contributed by atoms with E-state index in [1.54, 1.807) is 6.07 Å². The fourth-order valence-electron chi connectivity index (χ4n) is 3.96. The van der Waals surface area contributed by atoms with Gasteiger partial charge in [-0.1, -0.05) is 19.3 Å². The smallest absolute Gasteiger partial charge is 0.264 e. The third kappa shape index (κ3) is 4.89. The Morgan fingerprint density at radius 1 is 1.24 bits per heavy atom. The van der Waals surface area contributed by atoms with E-state index in [1.165, 1.54) is 25.3 Å². The van der Waals surface area contributed by atoms with Crippen LogP contribution >= 0.6 is 0 Å². The monoisotopic (exact) mass is 348 g/mol. The molecule has 2 fully saturated rings. The van der Waals surface area contributed by atoms with Crippen molar-refractivity contribution in [3.05, 3.63) is 28.2 Å². The molecular weight excluding hydrogens is 320 g/mol. The Bertz CT molecular complexity index is 598. The van der Waals surface area contributed by atoms with Crippen molar-refractivity contribution in [1.82, 2.24) is 20.4 Å². The van der Waals surface area contributed by atoms with Gasteiger partial charge in [0.2, 0.25) is 5.91 Å². The second kappa shape index (κ2) is 8.58. The number of hydrogen-bond acceptors (Lipinski definition) is 5. The Kier molecular flexibility index (Phi) is 6.20. The lowest BCUT2D eigenvalue weighted by Gasteiger charge is -2.48. The molecule has 0 atom stereocenters. The maximum absolute atomic E-state index is 12.3. The normalized spacial score (nSPS) is 21.0. The van der Waals surface area contributed by atoms with E-state index in [1.807, 2.05) is 0 Å². The number of rotatable bonds is 6. The standard InChI is InChI=1S/C18H28N4O3/c23-16(6-4-15-5-7-17(24)21-20-15)19-14-18(8-2-1-3-9-18)22-10-12-25-13-11-22/h5,7H,1-4,6,8-14H2,(H,19,23)(H,21,24). The first-order valence-electron chi connectivity index (χ1n) is 9.32. The number of nitrogens with one attached hydrogen (secondary N) is 2. The van der Waals surface area contributed by atoms with Gasteiger partial charge in [-0.15, -0.1) is 0 Å². The Labute approximate surface area is 148 Å². The van der Waals surface area contributed by atoms with Crippen molar-refractivity contribution in [3.8, 4) is 0 Å². The van der Waals surface area contributed by atoms with Crippen LogP contribution in [0.1, 0.15) is 44.2 Å². The number of morpholine rings is 1. The number of hydrogen-bond donors (Lipinski definition) is 2. The fourth-order valence-corrected chi connectivity index (χ4v) is 3.96. The van der Waals surface area contributed by atoms with Gasteiger partial charge in [-0.25, -0.2) is 5.10 Å². The van der Waals surface area contributed by atoms with Crippen molar-refractivity contribution < 1.29 is 9.53 Å². The molecule has 1 saturated carbocycles. The van der Waals surface area contributed by atoms with E-state index in [-0.39, 0.29) is 17.0 Å². The van der Waals surface area contributed by atoms with Gasteiger partial charge in [-0.2, -0.15) is 5.10 Å². The largest absolute Gasteiger partial charge is 0.379 e. The lowest BCUT2D eigenvalue weighted by atomic mass is 9.79. The van der Waals surface area contributed by atoms with Crippen molar-refractivity contribution in [2.24, 2.45) is 0 Å². The quantitative estimate of drug-likeness (QED) is 0.796. The molecule has 3 rings (SSSR count). The van der Waals surface area contributed by atoms with E-state index in [0.29, 0.717) is 19.4 Å². The molecule has 2 N–H and O–H groups in total. The van der Waals surface area contributed by atoms with Crippen LogP contribution in [0.3, 0.4) is 0 Å². The van der Waals surface area contributed by atoms with Crippen LogP contribution < -0.4 is 10.9 Å². The topological polar surface area (TPSA) is 87.3 Å². The number of aromatic nitrogens is 2. The van der Waals surface area contributed by atoms with Crippen LogP contribution in [0.2, 0.25) is 0 Å². The molecule has 7 heteroatoms. The van der Waals surface area contributed by atoms with Crippen LogP contribution in [-0.4, -0.2) is 59.4 Å². The summed E-state index contributed by atoms with van der Waals surface area (Å²) in [6.45, 7) is 4.19. The molecule has 25 heavy (non-hydrogen) atoms. The molecule has 2 heterocycles. The predicted octanol–water partition coefficient (Wildman–Crippen LogP) is 0.854. The summed E-state index contributed by atoms with van der Waals surface area (Å²) in [4.78, 5) is 25.8. The molecule has 138 valence electrons. The van der Waals surface area contributed by atoms with Gasteiger partial charge in [0.15, 0.2) is 0 Å². The third-order valence-electron chi connectivity index (χ3n) is 5.43. The van der Waals surface area contributed by atoms with Crippen LogP contribution in [0, 0.1) is 0 Å². The second-order valence-electron chi connectivity index (χ2n) is 7.07. The third-order valence-corrected chi connectivity index (χ3v) is 5.43. The number of aryl methyl sites for hydroxylation is 1. The zero-order valence-electron chi connectivity index (χ0n) is 14.8. The first kappa shape index (κ1) is 18.1. The summed E-state index contributed by atoms with van der Waals surface area (Å²) in [7, 11) is 0. The minimum atomic E-state index is -0.224. The number of carbonyl (C=O) groups is 1. The summed E-state index contributed by atoms with van der Waals surface area (Å²) in [6.07, 6.45) is 6.97. The van der Waals surface area contributed by atoms with E-state index in [4.69, 9.17) is 4.74 Å². The predicted molar refractivity (Wildman–Crippen MR) is 94.4 cm³/mol. The zero-order chi connectivity index (χ0) is 17.5. The highest BCUT2D eigenvalue weighted by Gasteiger charge is 2.38. The lowest BCUT2D eigenvalue weighted by molar-refractivity contribution is -0.122. The summed E-state index contributed by atoms with van der Waals surface area (Å²) >= 11 is 0. The number of carbonyl (C=O) groups excluding carboxylic acids is 1. The molecule has 0 bridgehead atoms. The van der Waals surface area contributed by atoms with E-state index in [0.717, 1.165) is 44.8 Å². The fraction of sp³-hybridized carbons (Fsp3) is 0.722. The Hall–Kier alpha value is -1.73. The number of amides is 1. The van der Waals surface area contributed by atoms with E-state index < -0.39 is 0 Å². The number of ether oxygens (including phenoxy) is 1. The molecule has 2 aliphatic rings. The molecule has 1 amide bonds. The maximum Gasteiger partial charge on any atom is 0.264 e. The lowest BCUT2D eigenvalue weighted by Crippen LogP contribution is -2.59. The molecule has 0 unspecified atom stereocenters. The van der Waals surface area contributed by atoms with Gasteiger partial charge in [-0.05, 0) is 18.9 Å². The molecular formula is C18H28N4O3. The van der Waals surface area contributed by atoms with Crippen LogP contribution in [0.15, 0.2) is 16.9 Å². The molecule has 1 saturated heterocycles. The number of H-pyrrole nitrogens is 1. The summed E-state index contributed by atoms with van der Waals surface area (Å²) in [5, 5.41) is 9.50. The molecule has 1 aliphatic heterocycles. The van der Waals surface area contributed by atoms with E-state index in [9.17, 15) is 9.59 Å². The average molecular weight is 348 g/mol. The van der Waals surface area contributed by atoms with Crippen LogP contribution in [0.5, 0.6) is 0 Å². The zero-order valence-corrected chi connectivity index (χ0v) is 14.8. The van der Waals surface area contributed by atoms with Gasteiger partial charge in [0, 0.05) is 44.1 Å². The maximum atomic E-state index is 12.3. The molecule has 0 aromatic carbocycles. The Morgan fingerprint density at radius 3 is 2.68 bits per heavy atom. The van der Waals surface area contributed by atoms with Crippen LogP contribution in [0.25, 0.3) is 0 Å².